The summed E-state index contributed by atoms with van der Waals surface area (Å²) in [4.78, 5) is 1.14. The maximum atomic E-state index is 8.97. The molecule has 0 aliphatic carbocycles. The molecule has 70 valence electrons. The molecule has 0 saturated carbocycles. The van der Waals surface area contributed by atoms with Gasteiger partial charge in [-0.2, -0.15) is 0 Å². The van der Waals surface area contributed by atoms with Crippen molar-refractivity contribution in [3.63, 3.8) is 0 Å². The molecule has 1 unspecified atom stereocenters. The van der Waals surface area contributed by atoms with Crippen LogP contribution in [-0.2, 0) is 0 Å². The number of hydrogen-bond acceptors (Lipinski definition) is 3. The van der Waals surface area contributed by atoms with E-state index in [0.717, 1.165) is 10.6 Å². The van der Waals surface area contributed by atoms with Crippen molar-refractivity contribution in [3.05, 3.63) is 23.8 Å². The molecule has 1 N–H and O–H groups in total. The number of ether oxygens (including phenoxy) is 1. The maximum absolute atomic E-state index is 8.97. The number of aryl methyl sites for hydroxylation is 1. The second kappa shape index (κ2) is 3.60. The Bertz CT molecular complexity index is 312. The normalized spacial score (nSPS) is 20.6. The summed E-state index contributed by atoms with van der Waals surface area (Å²) in [6.07, 6.45) is 0. The van der Waals surface area contributed by atoms with Crippen molar-refractivity contribution in [3.8, 4) is 5.75 Å². The molecule has 1 aliphatic rings. The van der Waals surface area contributed by atoms with Crippen molar-refractivity contribution in [2.45, 2.75) is 17.1 Å². The standard InChI is InChI=1S/C10H12O2S/c1-7-2-3-10-9(4-7)12-6-8(5-11)13-10/h2-4,8,11H,5-6H2,1H3. The third kappa shape index (κ3) is 1.81. The van der Waals surface area contributed by atoms with E-state index < -0.39 is 0 Å². The lowest BCUT2D eigenvalue weighted by Crippen LogP contribution is -2.22. The fourth-order valence-electron chi connectivity index (χ4n) is 1.31. The van der Waals surface area contributed by atoms with E-state index in [0.29, 0.717) is 6.61 Å². The number of thioether (sulfide) groups is 1. The van der Waals surface area contributed by atoms with Crippen molar-refractivity contribution < 1.29 is 9.84 Å². The van der Waals surface area contributed by atoms with Crippen LogP contribution in [0.4, 0.5) is 0 Å². The summed E-state index contributed by atoms with van der Waals surface area (Å²) in [5.41, 5.74) is 1.21. The smallest absolute Gasteiger partial charge is 0.133 e. The average molecular weight is 196 g/mol. The van der Waals surface area contributed by atoms with Gasteiger partial charge in [0.1, 0.15) is 12.4 Å². The Kier molecular flexibility index (Phi) is 2.47. The van der Waals surface area contributed by atoms with Gasteiger partial charge in [0.2, 0.25) is 0 Å². The zero-order valence-corrected chi connectivity index (χ0v) is 8.30. The van der Waals surface area contributed by atoms with Crippen LogP contribution in [-0.4, -0.2) is 23.6 Å². The molecule has 0 amide bonds. The van der Waals surface area contributed by atoms with Crippen LogP contribution in [0.5, 0.6) is 5.75 Å². The Labute approximate surface area is 81.9 Å². The van der Waals surface area contributed by atoms with Gasteiger partial charge < -0.3 is 9.84 Å². The van der Waals surface area contributed by atoms with Crippen molar-refractivity contribution in [2.75, 3.05) is 13.2 Å². The van der Waals surface area contributed by atoms with E-state index in [2.05, 4.69) is 12.1 Å². The number of aliphatic hydroxyl groups excluding tert-OH is 1. The van der Waals surface area contributed by atoms with Crippen LogP contribution in [0.1, 0.15) is 5.56 Å². The Morgan fingerprint density at radius 2 is 2.46 bits per heavy atom. The molecule has 0 radical (unpaired) electrons. The minimum Gasteiger partial charge on any atom is -0.491 e. The van der Waals surface area contributed by atoms with Gasteiger partial charge >= 0.3 is 0 Å². The lowest BCUT2D eigenvalue weighted by Gasteiger charge is -2.23. The predicted molar refractivity (Wildman–Crippen MR) is 53.4 cm³/mol. The van der Waals surface area contributed by atoms with E-state index in [-0.39, 0.29) is 11.9 Å². The van der Waals surface area contributed by atoms with Gasteiger partial charge in [0, 0.05) is 4.90 Å². The zero-order valence-electron chi connectivity index (χ0n) is 7.49. The van der Waals surface area contributed by atoms with Crippen LogP contribution in [0.2, 0.25) is 0 Å². The Balaban J connectivity index is 2.26. The minimum absolute atomic E-state index is 0.179. The molecule has 1 atom stereocenters. The first-order valence-electron chi connectivity index (χ1n) is 4.30. The van der Waals surface area contributed by atoms with Gasteiger partial charge in [-0.25, -0.2) is 0 Å². The van der Waals surface area contributed by atoms with Crippen LogP contribution >= 0.6 is 11.8 Å². The number of benzene rings is 1. The topological polar surface area (TPSA) is 29.5 Å². The van der Waals surface area contributed by atoms with Crippen molar-refractivity contribution in [1.82, 2.24) is 0 Å². The second-order valence-electron chi connectivity index (χ2n) is 3.18. The SMILES string of the molecule is Cc1ccc2c(c1)OCC(CO)S2. The maximum Gasteiger partial charge on any atom is 0.133 e. The summed E-state index contributed by atoms with van der Waals surface area (Å²) < 4.78 is 5.53. The summed E-state index contributed by atoms with van der Waals surface area (Å²) in [5.74, 6) is 0.953. The van der Waals surface area contributed by atoms with E-state index >= 15 is 0 Å². The molecular weight excluding hydrogens is 184 g/mol. The highest BCUT2D eigenvalue weighted by atomic mass is 32.2. The number of aliphatic hydroxyl groups is 1. The quantitative estimate of drug-likeness (QED) is 0.743. The summed E-state index contributed by atoms with van der Waals surface area (Å²) in [6, 6.07) is 6.15. The molecule has 1 aliphatic heterocycles. The highest BCUT2D eigenvalue weighted by Gasteiger charge is 2.19. The first-order chi connectivity index (χ1) is 6.29. The van der Waals surface area contributed by atoms with Crippen LogP contribution in [0.3, 0.4) is 0 Å². The number of rotatable bonds is 1. The van der Waals surface area contributed by atoms with E-state index in [1.165, 1.54) is 5.56 Å². The van der Waals surface area contributed by atoms with Gasteiger partial charge in [-0.1, -0.05) is 6.07 Å². The number of fused-ring (bicyclic) bond motifs is 1. The van der Waals surface area contributed by atoms with Gasteiger partial charge in [-0.3, -0.25) is 0 Å². The summed E-state index contributed by atoms with van der Waals surface area (Å²) in [5, 5.41) is 9.16. The van der Waals surface area contributed by atoms with E-state index in [1.807, 2.05) is 13.0 Å². The summed E-state index contributed by atoms with van der Waals surface area (Å²) in [6.45, 7) is 2.84. The first kappa shape index (κ1) is 8.91. The van der Waals surface area contributed by atoms with Crippen molar-refractivity contribution in [1.29, 1.82) is 0 Å². The molecule has 2 rings (SSSR count). The van der Waals surface area contributed by atoms with Gasteiger partial charge in [-0.15, -0.1) is 11.8 Å². The molecule has 3 heteroatoms. The third-order valence-electron chi connectivity index (χ3n) is 2.02. The molecule has 1 aromatic rings. The minimum atomic E-state index is 0.179. The van der Waals surface area contributed by atoms with Crippen LogP contribution in [0.25, 0.3) is 0 Å². The molecular formula is C10H12O2S. The van der Waals surface area contributed by atoms with Crippen LogP contribution < -0.4 is 4.74 Å². The Morgan fingerprint density at radius 1 is 1.62 bits per heavy atom. The van der Waals surface area contributed by atoms with E-state index in [9.17, 15) is 0 Å². The first-order valence-corrected chi connectivity index (χ1v) is 5.18. The highest BCUT2D eigenvalue weighted by Crippen LogP contribution is 2.37. The van der Waals surface area contributed by atoms with Gasteiger partial charge in [0.25, 0.3) is 0 Å². The molecule has 1 heterocycles. The second-order valence-corrected chi connectivity index (χ2v) is 4.53. The predicted octanol–water partition coefficient (Wildman–Crippen LogP) is 1.84. The molecule has 1 aromatic carbocycles. The van der Waals surface area contributed by atoms with Crippen LogP contribution in [0.15, 0.2) is 23.1 Å². The molecule has 0 bridgehead atoms. The molecule has 0 spiro atoms. The molecule has 2 nitrogen and oxygen atoms in total. The van der Waals surface area contributed by atoms with E-state index in [1.54, 1.807) is 11.8 Å². The van der Waals surface area contributed by atoms with Crippen LogP contribution in [0, 0.1) is 6.92 Å². The fraction of sp³-hybridized carbons (Fsp3) is 0.400. The largest absolute Gasteiger partial charge is 0.491 e. The lowest BCUT2D eigenvalue weighted by atomic mass is 10.2. The Morgan fingerprint density at radius 3 is 3.23 bits per heavy atom. The fourth-order valence-corrected chi connectivity index (χ4v) is 2.26. The zero-order chi connectivity index (χ0) is 9.26. The Hall–Kier alpha value is -0.670. The van der Waals surface area contributed by atoms with Crippen molar-refractivity contribution in [2.24, 2.45) is 0 Å². The molecule has 0 fully saturated rings. The summed E-state index contributed by atoms with van der Waals surface area (Å²) in [7, 11) is 0. The van der Waals surface area contributed by atoms with E-state index in [4.69, 9.17) is 9.84 Å². The number of hydrogen-bond donors (Lipinski definition) is 1. The molecule has 0 saturated heterocycles. The molecule has 13 heavy (non-hydrogen) atoms. The third-order valence-corrected chi connectivity index (χ3v) is 3.23. The lowest BCUT2D eigenvalue weighted by molar-refractivity contribution is 0.233. The summed E-state index contributed by atoms with van der Waals surface area (Å²) >= 11 is 1.69. The average Bonchev–Trinajstić information content (AvgIpc) is 2.17. The van der Waals surface area contributed by atoms with Crippen molar-refractivity contribution >= 4 is 11.8 Å². The van der Waals surface area contributed by atoms with Gasteiger partial charge in [0.05, 0.1) is 11.9 Å². The van der Waals surface area contributed by atoms with Gasteiger partial charge in [-0.05, 0) is 24.6 Å². The monoisotopic (exact) mass is 196 g/mol. The molecule has 0 aromatic heterocycles. The highest BCUT2D eigenvalue weighted by molar-refractivity contribution is 8.00. The van der Waals surface area contributed by atoms with Gasteiger partial charge in [0.15, 0.2) is 0 Å².